The number of nitrogens with zero attached hydrogens (tertiary/aromatic N) is 4. The van der Waals surface area contributed by atoms with Crippen LogP contribution < -0.4 is 0 Å². The zero-order chi connectivity index (χ0) is 41.1. The SMILES string of the molecule is N#C/C(=C1\C(c2cc(C(F)(F)F)cc(C(F)(F)F)c2)=CC2=C1C=C(c1cc(C(F)(F)F)cc(C(F)(F)F)c1)/C2=C(\C#N)c1ccc(C#N)o1)c1ccc(C#N)o1. The summed E-state index contributed by atoms with van der Waals surface area (Å²) in [5, 5.41) is 39.4. The molecule has 0 N–H and O–H groups in total. The maximum absolute atomic E-state index is 14.0. The van der Waals surface area contributed by atoms with Gasteiger partial charge < -0.3 is 8.83 Å². The second-order valence-electron chi connectivity index (χ2n) is 11.8. The molecule has 2 heterocycles. The minimum absolute atomic E-state index is 0.173. The van der Waals surface area contributed by atoms with Gasteiger partial charge in [-0.05, 0) is 106 Å². The normalized spacial score (nSPS) is 16.4. The highest BCUT2D eigenvalue weighted by Gasteiger charge is 2.42. The quantitative estimate of drug-likeness (QED) is 0.150. The second kappa shape index (κ2) is 13.3. The largest absolute Gasteiger partial charge is 0.445 e. The Labute approximate surface area is 305 Å². The zero-order valence-corrected chi connectivity index (χ0v) is 27.1. The van der Waals surface area contributed by atoms with Crippen molar-refractivity contribution in [1.29, 1.82) is 21.0 Å². The van der Waals surface area contributed by atoms with Crippen LogP contribution in [-0.2, 0) is 24.7 Å². The van der Waals surface area contributed by atoms with Crippen molar-refractivity contribution in [3.8, 4) is 24.3 Å². The first-order chi connectivity index (χ1) is 26.1. The van der Waals surface area contributed by atoms with E-state index in [9.17, 15) is 73.7 Å². The van der Waals surface area contributed by atoms with Crippen molar-refractivity contribution in [2.45, 2.75) is 24.7 Å². The van der Waals surface area contributed by atoms with Crippen molar-refractivity contribution in [2.24, 2.45) is 0 Å². The lowest BCUT2D eigenvalue weighted by molar-refractivity contribution is -0.144. The first-order valence-corrected chi connectivity index (χ1v) is 15.2. The van der Waals surface area contributed by atoms with Crippen LogP contribution in [0.25, 0.3) is 22.3 Å². The van der Waals surface area contributed by atoms with Crippen molar-refractivity contribution in [2.75, 3.05) is 0 Å². The van der Waals surface area contributed by atoms with E-state index in [4.69, 9.17) is 8.83 Å². The Hall–Kier alpha value is -7.18. The highest BCUT2D eigenvalue weighted by atomic mass is 19.4. The lowest BCUT2D eigenvalue weighted by Gasteiger charge is -2.18. The van der Waals surface area contributed by atoms with Crippen LogP contribution in [0.4, 0.5) is 52.7 Å². The third kappa shape index (κ3) is 6.96. The Kier molecular flexibility index (Phi) is 9.15. The Balaban J connectivity index is 1.77. The maximum Gasteiger partial charge on any atom is 0.416 e. The van der Waals surface area contributed by atoms with E-state index in [0.717, 1.165) is 36.4 Å². The van der Waals surface area contributed by atoms with Gasteiger partial charge >= 0.3 is 24.7 Å². The van der Waals surface area contributed by atoms with Crippen molar-refractivity contribution in [1.82, 2.24) is 0 Å². The smallest absolute Gasteiger partial charge is 0.416 e. The number of halogens is 12. The predicted octanol–water partition coefficient (Wildman–Crippen LogP) is 11.4. The van der Waals surface area contributed by atoms with Crippen LogP contribution in [-0.4, -0.2) is 0 Å². The van der Waals surface area contributed by atoms with E-state index in [-0.39, 0.29) is 23.3 Å². The van der Waals surface area contributed by atoms with Crippen LogP contribution in [0.5, 0.6) is 0 Å². The third-order valence-corrected chi connectivity index (χ3v) is 8.39. The van der Waals surface area contributed by atoms with Crippen LogP contribution in [0.2, 0.25) is 0 Å². The number of benzene rings is 2. The van der Waals surface area contributed by atoms with Crippen LogP contribution in [0.15, 0.2) is 104 Å². The summed E-state index contributed by atoms with van der Waals surface area (Å²) in [6.45, 7) is 0. The lowest BCUT2D eigenvalue weighted by atomic mass is 9.87. The molecule has 0 fully saturated rings. The third-order valence-electron chi connectivity index (χ3n) is 8.39. The van der Waals surface area contributed by atoms with Gasteiger partial charge in [-0.1, -0.05) is 0 Å². The number of rotatable bonds is 4. The molecule has 4 aromatic rings. The summed E-state index contributed by atoms with van der Waals surface area (Å²) in [4.78, 5) is 0. The molecule has 0 spiro atoms. The molecule has 0 unspecified atom stereocenters. The van der Waals surface area contributed by atoms with Gasteiger partial charge in [0.25, 0.3) is 0 Å². The molecule has 0 amide bonds. The maximum atomic E-state index is 14.0. The first-order valence-electron chi connectivity index (χ1n) is 15.2. The number of hydrogen-bond donors (Lipinski definition) is 0. The average Bonchev–Trinajstić information content (AvgIpc) is 3.92. The summed E-state index contributed by atoms with van der Waals surface area (Å²) in [6.07, 6.45) is -19.7. The van der Waals surface area contributed by atoms with Gasteiger partial charge in [-0.2, -0.15) is 73.7 Å². The van der Waals surface area contributed by atoms with Gasteiger partial charge in [0.1, 0.15) is 46.9 Å². The Bertz CT molecular complexity index is 2430. The Morgan fingerprint density at radius 3 is 0.982 bits per heavy atom. The average molecular weight is 785 g/mol. The highest BCUT2D eigenvalue weighted by molar-refractivity contribution is 6.11. The van der Waals surface area contributed by atoms with Gasteiger partial charge in [0, 0.05) is 11.1 Å². The van der Waals surface area contributed by atoms with Gasteiger partial charge in [0.2, 0.25) is 11.5 Å². The molecule has 0 bridgehead atoms. The van der Waals surface area contributed by atoms with E-state index in [1.165, 1.54) is 0 Å². The van der Waals surface area contributed by atoms with Crippen LogP contribution in [0.1, 0.15) is 56.4 Å². The molecule has 0 aliphatic heterocycles. The summed E-state index contributed by atoms with van der Waals surface area (Å²) >= 11 is 0. The fourth-order valence-electron chi connectivity index (χ4n) is 6.04. The fourth-order valence-corrected chi connectivity index (χ4v) is 6.04. The topological polar surface area (TPSA) is 121 Å². The van der Waals surface area contributed by atoms with Crippen LogP contribution >= 0.6 is 0 Å². The first kappa shape index (κ1) is 38.5. The minimum atomic E-state index is -5.36. The summed E-state index contributed by atoms with van der Waals surface area (Å²) in [7, 11) is 0. The lowest BCUT2D eigenvalue weighted by Crippen LogP contribution is -2.12. The summed E-state index contributed by atoms with van der Waals surface area (Å²) < 4.78 is 179. The Morgan fingerprint density at radius 2 is 0.750 bits per heavy atom. The number of alkyl halides is 12. The van der Waals surface area contributed by atoms with E-state index in [1.807, 2.05) is 0 Å². The van der Waals surface area contributed by atoms with E-state index in [0.29, 0.717) is 24.3 Å². The van der Waals surface area contributed by atoms with E-state index in [2.05, 4.69) is 0 Å². The predicted molar refractivity (Wildman–Crippen MR) is 168 cm³/mol. The number of hydrogen-bond acceptors (Lipinski definition) is 6. The van der Waals surface area contributed by atoms with Crippen molar-refractivity contribution < 1.29 is 61.5 Å². The molecular formula is C38H12F12N4O2. The van der Waals surface area contributed by atoms with Crippen molar-refractivity contribution in [3.05, 3.63) is 152 Å². The molecule has 56 heavy (non-hydrogen) atoms. The number of nitriles is 4. The fraction of sp³-hybridized carbons (Fsp3) is 0.105. The van der Waals surface area contributed by atoms with Gasteiger partial charge in [-0.3, -0.25) is 0 Å². The molecule has 0 saturated heterocycles. The molecule has 2 aliphatic rings. The molecule has 0 radical (unpaired) electrons. The monoisotopic (exact) mass is 784 g/mol. The van der Waals surface area contributed by atoms with Crippen LogP contribution in [0.3, 0.4) is 0 Å². The number of allylic oxidation sites excluding steroid dienone is 10. The molecular weight excluding hydrogens is 772 g/mol. The summed E-state index contributed by atoms with van der Waals surface area (Å²) in [6, 6.07) is 11.8. The molecule has 6 rings (SSSR count). The van der Waals surface area contributed by atoms with E-state index >= 15 is 0 Å². The minimum Gasteiger partial charge on any atom is -0.445 e. The zero-order valence-electron chi connectivity index (χ0n) is 27.1. The molecule has 2 aromatic carbocycles. The van der Waals surface area contributed by atoms with Gasteiger partial charge in [0.05, 0.1) is 22.3 Å². The second-order valence-corrected chi connectivity index (χ2v) is 11.8. The molecule has 0 saturated carbocycles. The van der Waals surface area contributed by atoms with Gasteiger partial charge in [-0.15, -0.1) is 0 Å². The number of furan rings is 2. The van der Waals surface area contributed by atoms with Crippen molar-refractivity contribution >= 4 is 22.3 Å². The van der Waals surface area contributed by atoms with Gasteiger partial charge in [0.15, 0.2) is 0 Å². The van der Waals surface area contributed by atoms with Crippen molar-refractivity contribution in [3.63, 3.8) is 0 Å². The van der Waals surface area contributed by atoms with E-state index in [1.54, 1.807) is 24.3 Å². The summed E-state index contributed by atoms with van der Waals surface area (Å²) in [5.74, 6) is -1.74. The summed E-state index contributed by atoms with van der Waals surface area (Å²) in [5.41, 5.74) is -13.0. The molecule has 2 aliphatic carbocycles. The molecule has 18 heteroatoms. The molecule has 280 valence electrons. The molecule has 0 atom stereocenters. The molecule has 2 aromatic heterocycles. The van der Waals surface area contributed by atoms with Crippen LogP contribution in [0, 0.1) is 45.3 Å². The van der Waals surface area contributed by atoms with E-state index < -0.39 is 115 Å². The Morgan fingerprint density at radius 1 is 0.446 bits per heavy atom. The molecule has 6 nitrogen and oxygen atoms in total. The highest BCUT2D eigenvalue weighted by Crippen LogP contribution is 2.55. The standard InChI is InChI=1S/C38H12F12N4O2/c39-35(40,41)19-5-17(6-20(9-19)36(42,43)44)25-11-28-27(33(25)29(15-53)31-3-1-23(13-51)55-31)12-26(34(28)30(16-54)32-4-2-24(14-52)56-32)18-7-21(37(45,46)47)10-22(8-18)38(48,49)50/h1-12H/b33-29-,34-30-. The van der Waals surface area contributed by atoms with Gasteiger partial charge in [-0.25, -0.2) is 0 Å².